The fourth-order valence-corrected chi connectivity index (χ4v) is 3.90. The van der Waals surface area contributed by atoms with Crippen molar-refractivity contribution in [3.63, 3.8) is 0 Å². The van der Waals surface area contributed by atoms with E-state index in [1.54, 1.807) is 36.4 Å². The number of carboxylic acid groups (broad SMARTS) is 1. The van der Waals surface area contributed by atoms with E-state index in [1.165, 1.54) is 12.1 Å². The molecule has 2 N–H and O–H groups in total. The largest absolute Gasteiger partial charge is 0.478 e. The topological polar surface area (TPSA) is 86.7 Å². The molecular weight excluding hydrogens is 420 g/mol. The monoisotopic (exact) mass is 432 g/mol. The summed E-state index contributed by atoms with van der Waals surface area (Å²) in [5.74, 6) is -2.06. The third-order valence-electron chi connectivity index (χ3n) is 3.83. The molecule has 1 heterocycles. The van der Waals surface area contributed by atoms with Gasteiger partial charge in [-0.2, -0.15) is 5.01 Å². The van der Waals surface area contributed by atoms with Crippen molar-refractivity contribution < 1.29 is 19.5 Å². The molecule has 9 heteroatoms. The number of carboxylic acids is 1. The number of aromatic carboxylic acids is 1. The molecule has 0 unspecified atom stereocenters. The Balaban J connectivity index is 1.77. The molecule has 0 spiro atoms. The van der Waals surface area contributed by atoms with Gasteiger partial charge in [-0.15, -0.1) is 0 Å². The molecule has 0 aromatic heterocycles. The number of carbonyl (C=O) groups excluding carboxylic acids is 2. The summed E-state index contributed by atoms with van der Waals surface area (Å²) < 4.78 is 0.176. The van der Waals surface area contributed by atoms with Gasteiger partial charge in [-0.25, -0.2) is 4.79 Å². The predicted molar refractivity (Wildman–Crippen MR) is 112 cm³/mol. The van der Waals surface area contributed by atoms with Gasteiger partial charge in [0.05, 0.1) is 21.1 Å². The summed E-state index contributed by atoms with van der Waals surface area (Å²) in [6.45, 7) is 1.85. The highest BCUT2D eigenvalue weighted by atomic mass is 35.5. The molecule has 142 valence electrons. The lowest BCUT2D eigenvalue weighted by Gasteiger charge is -2.16. The second-order valence-electron chi connectivity index (χ2n) is 5.87. The van der Waals surface area contributed by atoms with E-state index in [9.17, 15) is 14.4 Å². The van der Waals surface area contributed by atoms with Crippen molar-refractivity contribution in [2.75, 3.05) is 0 Å². The summed E-state index contributed by atoms with van der Waals surface area (Å²) in [7, 11) is 0. The minimum atomic E-state index is -1.03. The van der Waals surface area contributed by atoms with E-state index in [0.717, 1.165) is 22.3 Å². The molecule has 0 aliphatic carbocycles. The number of benzene rings is 2. The first-order valence-corrected chi connectivity index (χ1v) is 9.55. The van der Waals surface area contributed by atoms with Crippen LogP contribution < -0.4 is 5.43 Å². The van der Waals surface area contributed by atoms with Gasteiger partial charge in [-0.1, -0.05) is 41.6 Å². The van der Waals surface area contributed by atoms with Crippen molar-refractivity contribution in [3.8, 4) is 0 Å². The normalized spacial score (nSPS) is 15.2. The highest BCUT2D eigenvalue weighted by Crippen LogP contribution is 2.31. The highest BCUT2D eigenvalue weighted by molar-refractivity contribution is 8.26. The molecular formula is C19H13ClN2O4S2. The van der Waals surface area contributed by atoms with Crippen molar-refractivity contribution in [1.29, 1.82) is 0 Å². The van der Waals surface area contributed by atoms with Gasteiger partial charge in [0, 0.05) is 0 Å². The van der Waals surface area contributed by atoms with Gasteiger partial charge < -0.3 is 5.11 Å². The Labute approximate surface area is 175 Å². The second-order valence-corrected chi connectivity index (χ2v) is 7.95. The number of hydrogen-bond donors (Lipinski definition) is 2. The number of hydrazine groups is 1. The van der Waals surface area contributed by atoms with E-state index in [0.29, 0.717) is 10.5 Å². The molecule has 1 saturated heterocycles. The Kier molecular flexibility index (Phi) is 5.83. The zero-order valence-corrected chi connectivity index (χ0v) is 16.8. The third-order valence-corrected chi connectivity index (χ3v) is 5.45. The minimum Gasteiger partial charge on any atom is -0.478 e. The van der Waals surface area contributed by atoms with Gasteiger partial charge in [-0.05, 0) is 60.6 Å². The van der Waals surface area contributed by atoms with Crippen LogP contribution in [0.3, 0.4) is 0 Å². The molecule has 28 heavy (non-hydrogen) atoms. The van der Waals surface area contributed by atoms with Crippen LogP contribution in [-0.2, 0) is 4.79 Å². The molecule has 2 amide bonds. The average Bonchev–Trinajstić information content (AvgIpc) is 2.89. The number of amides is 2. The van der Waals surface area contributed by atoms with Crippen molar-refractivity contribution in [3.05, 3.63) is 74.6 Å². The standard InChI is InChI=1S/C19H13ClN2O4S2/c1-10-2-7-13(14(20)8-10)16(23)21-22-17(24)15(28-19(22)27)9-11-3-5-12(6-4-11)18(25)26/h2-9H,1H3,(H,21,23)(H,25,26)/b15-9-. The van der Waals surface area contributed by atoms with E-state index in [2.05, 4.69) is 5.43 Å². The van der Waals surface area contributed by atoms with E-state index in [-0.39, 0.29) is 20.5 Å². The highest BCUT2D eigenvalue weighted by Gasteiger charge is 2.34. The van der Waals surface area contributed by atoms with Crippen LogP contribution in [-0.4, -0.2) is 32.2 Å². The maximum atomic E-state index is 12.6. The molecule has 3 rings (SSSR count). The van der Waals surface area contributed by atoms with Crippen molar-refractivity contribution in [2.45, 2.75) is 6.92 Å². The maximum Gasteiger partial charge on any atom is 0.335 e. The Morgan fingerprint density at radius 2 is 1.89 bits per heavy atom. The van der Waals surface area contributed by atoms with Crippen LogP contribution in [0, 0.1) is 6.92 Å². The Morgan fingerprint density at radius 3 is 2.50 bits per heavy atom. The summed E-state index contributed by atoms with van der Waals surface area (Å²) in [6, 6.07) is 11.0. The molecule has 1 aliphatic rings. The predicted octanol–water partition coefficient (Wildman–Crippen LogP) is 3.89. The lowest BCUT2D eigenvalue weighted by atomic mass is 10.1. The van der Waals surface area contributed by atoms with Crippen LogP contribution in [0.1, 0.15) is 31.8 Å². The summed E-state index contributed by atoms with van der Waals surface area (Å²) >= 11 is 12.3. The van der Waals surface area contributed by atoms with Crippen LogP contribution in [0.2, 0.25) is 5.02 Å². The zero-order valence-electron chi connectivity index (χ0n) is 14.4. The average molecular weight is 433 g/mol. The van der Waals surface area contributed by atoms with E-state index in [4.69, 9.17) is 28.9 Å². The van der Waals surface area contributed by atoms with Crippen LogP contribution in [0.4, 0.5) is 0 Å². The zero-order chi connectivity index (χ0) is 20.4. The van der Waals surface area contributed by atoms with Gasteiger partial charge >= 0.3 is 5.97 Å². The number of thioether (sulfide) groups is 1. The minimum absolute atomic E-state index is 0.145. The number of thiocarbonyl (C=S) groups is 1. The number of halogens is 1. The number of aryl methyl sites for hydroxylation is 1. The fraction of sp³-hybridized carbons (Fsp3) is 0.0526. The van der Waals surface area contributed by atoms with Crippen LogP contribution in [0.5, 0.6) is 0 Å². The van der Waals surface area contributed by atoms with Crippen LogP contribution in [0.25, 0.3) is 6.08 Å². The first kappa shape index (κ1) is 20.1. The van der Waals surface area contributed by atoms with Gasteiger partial charge in [0.15, 0.2) is 4.32 Å². The lowest BCUT2D eigenvalue weighted by molar-refractivity contribution is -0.123. The van der Waals surface area contributed by atoms with Gasteiger partial charge in [-0.3, -0.25) is 15.0 Å². The smallest absolute Gasteiger partial charge is 0.335 e. The number of carbonyl (C=O) groups is 3. The quantitative estimate of drug-likeness (QED) is 0.563. The third kappa shape index (κ3) is 4.24. The number of rotatable bonds is 4. The molecule has 0 atom stereocenters. The maximum absolute atomic E-state index is 12.6. The van der Waals surface area contributed by atoms with E-state index < -0.39 is 17.8 Å². The SMILES string of the molecule is Cc1ccc(C(=O)NN2C(=O)/C(=C/c3ccc(C(=O)O)cc3)SC2=S)c(Cl)c1. The summed E-state index contributed by atoms with van der Waals surface area (Å²) in [4.78, 5) is 36.3. The van der Waals surface area contributed by atoms with Gasteiger partial charge in [0.1, 0.15) is 0 Å². The van der Waals surface area contributed by atoms with Crippen LogP contribution >= 0.6 is 35.6 Å². The first-order valence-electron chi connectivity index (χ1n) is 7.94. The Bertz CT molecular complexity index is 1030. The van der Waals surface area contributed by atoms with Crippen molar-refractivity contribution >= 4 is 63.8 Å². The second kappa shape index (κ2) is 8.14. The fourth-order valence-electron chi connectivity index (χ4n) is 2.40. The lowest BCUT2D eigenvalue weighted by Crippen LogP contribution is -2.44. The van der Waals surface area contributed by atoms with Gasteiger partial charge in [0.25, 0.3) is 11.8 Å². The molecule has 2 aromatic rings. The van der Waals surface area contributed by atoms with Crippen LogP contribution in [0.15, 0.2) is 47.4 Å². The Morgan fingerprint density at radius 1 is 1.21 bits per heavy atom. The number of nitrogens with zero attached hydrogens (tertiary/aromatic N) is 1. The Hall–Kier alpha value is -2.68. The molecule has 1 aliphatic heterocycles. The van der Waals surface area contributed by atoms with E-state index in [1.807, 2.05) is 6.92 Å². The summed E-state index contributed by atoms with van der Waals surface area (Å²) in [5, 5.41) is 10.2. The molecule has 1 fully saturated rings. The first-order chi connectivity index (χ1) is 13.3. The van der Waals surface area contributed by atoms with Crippen molar-refractivity contribution in [2.24, 2.45) is 0 Å². The molecule has 2 aromatic carbocycles. The molecule has 0 bridgehead atoms. The van der Waals surface area contributed by atoms with Crippen molar-refractivity contribution in [1.82, 2.24) is 10.4 Å². The van der Waals surface area contributed by atoms with E-state index >= 15 is 0 Å². The number of hydrogen-bond acceptors (Lipinski definition) is 5. The molecule has 0 radical (unpaired) electrons. The summed E-state index contributed by atoms with van der Waals surface area (Å²) in [6.07, 6.45) is 1.58. The number of nitrogens with one attached hydrogen (secondary N) is 1. The van der Waals surface area contributed by atoms with Gasteiger partial charge in [0.2, 0.25) is 0 Å². The molecule has 6 nitrogen and oxygen atoms in total. The molecule has 0 saturated carbocycles. The summed E-state index contributed by atoms with van der Waals surface area (Å²) in [5.41, 5.74) is 4.39.